The van der Waals surface area contributed by atoms with Crippen molar-refractivity contribution in [3.63, 3.8) is 0 Å². The molecule has 0 radical (unpaired) electrons. The summed E-state index contributed by atoms with van der Waals surface area (Å²) in [6.45, 7) is 0.357. The highest BCUT2D eigenvalue weighted by Gasteiger charge is 2.25. The van der Waals surface area contributed by atoms with E-state index in [1.54, 1.807) is 37.6 Å². The number of carbonyl (C=O) groups excluding carboxylic acids is 2. The van der Waals surface area contributed by atoms with Crippen LogP contribution in [-0.4, -0.2) is 36.8 Å². The molecule has 0 fully saturated rings. The molecule has 4 rings (SSSR count). The summed E-state index contributed by atoms with van der Waals surface area (Å²) in [7, 11) is 2.95. The Kier molecular flexibility index (Phi) is 6.64. The van der Waals surface area contributed by atoms with Crippen LogP contribution in [0.2, 0.25) is 0 Å². The molecule has 3 aromatic rings. The number of aromatic nitrogens is 1. The zero-order valence-electron chi connectivity index (χ0n) is 18.3. The van der Waals surface area contributed by atoms with Crippen molar-refractivity contribution in [3.8, 4) is 5.75 Å². The van der Waals surface area contributed by atoms with Crippen LogP contribution in [0, 0.1) is 0 Å². The second kappa shape index (κ2) is 9.95. The largest absolute Gasteiger partial charge is 0.497 e. The molecule has 1 aliphatic heterocycles. The predicted octanol–water partition coefficient (Wildman–Crippen LogP) is 3.67. The van der Waals surface area contributed by atoms with Gasteiger partial charge in [0.15, 0.2) is 6.10 Å². The van der Waals surface area contributed by atoms with Gasteiger partial charge in [0.25, 0.3) is 5.91 Å². The van der Waals surface area contributed by atoms with Crippen molar-refractivity contribution in [2.75, 3.05) is 14.2 Å². The van der Waals surface area contributed by atoms with Gasteiger partial charge in [-0.05, 0) is 47.5 Å². The summed E-state index contributed by atoms with van der Waals surface area (Å²) >= 11 is 0. The number of benzene rings is 2. The van der Waals surface area contributed by atoms with Crippen LogP contribution >= 0.6 is 0 Å². The highest BCUT2D eigenvalue weighted by molar-refractivity contribution is 6.03. The first-order valence-electron chi connectivity index (χ1n) is 10.4. The zero-order valence-corrected chi connectivity index (χ0v) is 18.3. The van der Waals surface area contributed by atoms with Gasteiger partial charge >= 0.3 is 5.97 Å². The Hall–Kier alpha value is -4.20. The van der Waals surface area contributed by atoms with E-state index in [-0.39, 0.29) is 18.0 Å². The van der Waals surface area contributed by atoms with Crippen LogP contribution in [0.5, 0.6) is 5.75 Å². The summed E-state index contributed by atoms with van der Waals surface area (Å²) in [5.74, 6) is 0.0598. The first kappa shape index (κ1) is 22.0. The molecular weight excluding hydrogens is 422 g/mol. The second-order valence-electron chi connectivity index (χ2n) is 7.41. The number of methoxy groups -OCH3 is 2. The first-order chi connectivity index (χ1) is 16.1. The van der Waals surface area contributed by atoms with Gasteiger partial charge in [0.2, 0.25) is 0 Å². The van der Waals surface area contributed by atoms with E-state index in [1.807, 2.05) is 36.4 Å². The van der Waals surface area contributed by atoms with E-state index in [9.17, 15) is 9.59 Å². The number of pyridine rings is 1. The lowest BCUT2D eigenvalue weighted by Gasteiger charge is -2.09. The lowest BCUT2D eigenvalue weighted by molar-refractivity contribution is 0.0600. The maximum absolute atomic E-state index is 12.6. The molecule has 0 saturated heterocycles. The zero-order chi connectivity index (χ0) is 23.2. The number of hydrogen-bond donors (Lipinski definition) is 1. The molecule has 168 valence electrons. The van der Waals surface area contributed by atoms with E-state index in [1.165, 1.54) is 7.11 Å². The number of oxime groups is 1. The summed E-state index contributed by atoms with van der Waals surface area (Å²) in [6, 6.07) is 18.0. The molecule has 0 spiro atoms. The monoisotopic (exact) mass is 445 g/mol. The average Bonchev–Trinajstić information content (AvgIpc) is 3.37. The predicted molar refractivity (Wildman–Crippen MR) is 121 cm³/mol. The fourth-order valence-electron chi connectivity index (χ4n) is 3.47. The standard InChI is InChI=1S/C25H23N3O5/c1-31-20-5-3-4-16(12-20)15-27-24(29)22-13-19(10-11-26-22)21-14-23(33-28-21)17-6-8-18(9-7-17)25(30)32-2/h3-13,23H,14-15H2,1-2H3,(H,27,29). The van der Waals surface area contributed by atoms with E-state index >= 15 is 0 Å². The SMILES string of the molecule is COC(=O)c1ccc(C2CC(c3ccnc(C(=O)NCc4cccc(OC)c4)c3)=NO2)cc1. The Balaban J connectivity index is 1.39. The highest BCUT2D eigenvalue weighted by Crippen LogP contribution is 2.29. The van der Waals surface area contributed by atoms with Crippen LogP contribution in [0.4, 0.5) is 0 Å². The van der Waals surface area contributed by atoms with Crippen LogP contribution < -0.4 is 10.1 Å². The molecule has 0 bridgehead atoms. The molecule has 2 heterocycles. The molecule has 0 aliphatic carbocycles. The Labute approximate surface area is 191 Å². The van der Waals surface area contributed by atoms with Gasteiger partial charge in [-0.3, -0.25) is 9.78 Å². The third-order valence-electron chi connectivity index (χ3n) is 5.29. The Morgan fingerprint density at radius 3 is 2.67 bits per heavy atom. The van der Waals surface area contributed by atoms with Gasteiger partial charge in [0.05, 0.1) is 25.5 Å². The molecular formula is C25H23N3O5. The molecule has 8 heteroatoms. The fourth-order valence-corrected chi connectivity index (χ4v) is 3.47. The van der Waals surface area contributed by atoms with E-state index in [4.69, 9.17) is 14.3 Å². The van der Waals surface area contributed by atoms with E-state index < -0.39 is 0 Å². The number of esters is 1. The van der Waals surface area contributed by atoms with Crippen molar-refractivity contribution in [1.82, 2.24) is 10.3 Å². The van der Waals surface area contributed by atoms with Gasteiger partial charge in [0.1, 0.15) is 11.4 Å². The van der Waals surface area contributed by atoms with Crippen LogP contribution in [0.15, 0.2) is 72.0 Å². The smallest absolute Gasteiger partial charge is 0.337 e. The molecule has 1 aromatic heterocycles. The van der Waals surface area contributed by atoms with Crippen molar-refractivity contribution in [2.45, 2.75) is 19.1 Å². The minimum atomic E-state index is -0.389. The van der Waals surface area contributed by atoms with E-state index in [0.717, 1.165) is 28.2 Å². The number of hydrogen-bond acceptors (Lipinski definition) is 7. The number of rotatable bonds is 7. The fraction of sp³-hybridized carbons (Fsp3) is 0.200. The quantitative estimate of drug-likeness (QED) is 0.557. The molecule has 33 heavy (non-hydrogen) atoms. The van der Waals surface area contributed by atoms with Crippen molar-refractivity contribution >= 4 is 17.6 Å². The van der Waals surface area contributed by atoms with Crippen molar-refractivity contribution in [3.05, 3.63) is 94.8 Å². The number of ether oxygens (including phenoxy) is 2. The van der Waals surface area contributed by atoms with Crippen molar-refractivity contribution < 1.29 is 23.9 Å². The van der Waals surface area contributed by atoms with Gasteiger partial charge < -0.3 is 19.6 Å². The van der Waals surface area contributed by atoms with Gasteiger partial charge in [-0.15, -0.1) is 0 Å². The Morgan fingerprint density at radius 2 is 1.91 bits per heavy atom. The number of carbonyl (C=O) groups is 2. The molecule has 8 nitrogen and oxygen atoms in total. The molecule has 0 saturated carbocycles. The first-order valence-corrected chi connectivity index (χ1v) is 10.4. The van der Waals surface area contributed by atoms with Crippen LogP contribution in [0.25, 0.3) is 0 Å². The third-order valence-corrected chi connectivity index (χ3v) is 5.29. The maximum atomic E-state index is 12.6. The summed E-state index contributed by atoms with van der Waals surface area (Å²) in [6.07, 6.45) is 1.84. The Bertz CT molecular complexity index is 1190. The van der Waals surface area contributed by atoms with Crippen LogP contribution in [0.1, 0.15) is 50.1 Å². The Morgan fingerprint density at radius 1 is 1.09 bits per heavy atom. The summed E-state index contributed by atoms with van der Waals surface area (Å²) in [5.41, 5.74) is 4.08. The number of amides is 1. The third kappa shape index (κ3) is 5.17. The lowest BCUT2D eigenvalue weighted by Crippen LogP contribution is -2.24. The van der Waals surface area contributed by atoms with E-state index in [0.29, 0.717) is 24.2 Å². The van der Waals surface area contributed by atoms with Gasteiger partial charge in [0, 0.05) is 24.7 Å². The molecule has 1 unspecified atom stereocenters. The molecule has 1 atom stereocenters. The minimum absolute atomic E-state index is 0.273. The number of nitrogens with zero attached hydrogens (tertiary/aromatic N) is 2. The minimum Gasteiger partial charge on any atom is -0.497 e. The molecule has 1 amide bonds. The van der Waals surface area contributed by atoms with Crippen molar-refractivity contribution in [1.29, 1.82) is 0 Å². The number of nitrogens with one attached hydrogen (secondary N) is 1. The average molecular weight is 445 g/mol. The van der Waals surface area contributed by atoms with Crippen LogP contribution in [0.3, 0.4) is 0 Å². The highest BCUT2D eigenvalue weighted by atomic mass is 16.6. The second-order valence-corrected chi connectivity index (χ2v) is 7.41. The summed E-state index contributed by atoms with van der Waals surface area (Å²) in [4.78, 5) is 34.0. The maximum Gasteiger partial charge on any atom is 0.337 e. The lowest BCUT2D eigenvalue weighted by atomic mass is 9.99. The normalized spacial score (nSPS) is 14.7. The van der Waals surface area contributed by atoms with Gasteiger partial charge in [-0.1, -0.05) is 29.4 Å². The van der Waals surface area contributed by atoms with Gasteiger partial charge in [-0.25, -0.2) is 4.79 Å². The molecule has 2 aromatic carbocycles. The summed E-state index contributed by atoms with van der Waals surface area (Å²) < 4.78 is 9.93. The van der Waals surface area contributed by atoms with Crippen LogP contribution in [-0.2, 0) is 16.1 Å². The van der Waals surface area contributed by atoms with Crippen molar-refractivity contribution in [2.24, 2.45) is 5.16 Å². The van der Waals surface area contributed by atoms with E-state index in [2.05, 4.69) is 15.5 Å². The van der Waals surface area contributed by atoms with Gasteiger partial charge in [-0.2, -0.15) is 0 Å². The molecule has 1 aliphatic rings. The topological polar surface area (TPSA) is 99.1 Å². The summed E-state index contributed by atoms with van der Waals surface area (Å²) in [5, 5.41) is 7.07. The molecule has 1 N–H and O–H groups in total.